The monoisotopic (exact) mass is 269 g/mol. The summed E-state index contributed by atoms with van der Waals surface area (Å²) in [5.41, 5.74) is 4.23. The summed E-state index contributed by atoms with van der Waals surface area (Å²) in [6.07, 6.45) is 2.03. The summed E-state index contributed by atoms with van der Waals surface area (Å²) in [5, 5.41) is 10.2. The van der Waals surface area contributed by atoms with Gasteiger partial charge in [0.25, 0.3) is 0 Å². The molecule has 1 aromatic carbocycles. The molecule has 0 fully saturated rings. The van der Waals surface area contributed by atoms with E-state index in [1.807, 2.05) is 31.2 Å². The zero-order chi connectivity index (χ0) is 13.9. The molecule has 0 radical (unpaired) electrons. The Morgan fingerprint density at radius 2 is 2.20 bits per heavy atom. The van der Waals surface area contributed by atoms with Gasteiger partial charge in [-0.25, -0.2) is 0 Å². The third-order valence-corrected chi connectivity index (χ3v) is 3.71. The van der Waals surface area contributed by atoms with Crippen LogP contribution in [0.3, 0.4) is 0 Å². The molecule has 0 saturated heterocycles. The van der Waals surface area contributed by atoms with Crippen LogP contribution in [-0.4, -0.2) is 16.7 Å². The molecule has 2 heterocycles. The molecule has 0 aliphatic carbocycles. The van der Waals surface area contributed by atoms with Crippen LogP contribution in [0.4, 0.5) is 0 Å². The molecule has 0 saturated carbocycles. The van der Waals surface area contributed by atoms with Crippen molar-refractivity contribution in [3.8, 4) is 5.75 Å². The number of aliphatic hydroxyl groups is 1. The highest BCUT2D eigenvalue weighted by Crippen LogP contribution is 2.27. The molecule has 3 heteroatoms. The van der Waals surface area contributed by atoms with Gasteiger partial charge in [-0.05, 0) is 49.1 Å². The minimum absolute atomic E-state index is 0.501. The quantitative estimate of drug-likeness (QED) is 0.927. The minimum atomic E-state index is -0.501. The van der Waals surface area contributed by atoms with E-state index in [1.165, 1.54) is 11.1 Å². The third kappa shape index (κ3) is 2.83. The van der Waals surface area contributed by atoms with Crippen molar-refractivity contribution in [1.29, 1.82) is 0 Å². The Labute approximate surface area is 119 Å². The topological polar surface area (TPSA) is 42.4 Å². The first-order valence-electron chi connectivity index (χ1n) is 7.08. The van der Waals surface area contributed by atoms with Crippen molar-refractivity contribution in [3.63, 3.8) is 0 Å². The number of hydrogen-bond acceptors (Lipinski definition) is 3. The molecule has 1 unspecified atom stereocenters. The van der Waals surface area contributed by atoms with E-state index in [2.05, 4.69) is 17.1 Å². The second-order valence-corrected chi connectivity index (χ2v) is 5.30. The molecule has 20 heavy (non-hydrogen) atoms. The van der Waals surface area contributed by atoms with Crippen molar-refractivity contribution in [2.75, 3.05) is 6.61 Å². The Bertz CT molecular complexity index is 610. The molecule has 3 nitrogen and oxygen atoms in total. The molecule has 0 amide bonds. The van der Waals surface area contributed by atoms with Crippen molar-refractivity contribution >= 4 is 0 Å². The van der Waals surface area contributed by atoms with Gasteiger partial charge in [-0.2, -0.15) is 0 Å². The number of nitrogens with zero attached hydrogens (tertiary/aromatic N) is 1. The summed E-state index contributed by atoms with van der Waals surface area (Å²) >= 11 is 0. The maximum Gasteiger partial charge on any atom is 0.122 e. The van der Waals surface area contributed by atoms with E-state index in [0.29, 0.717) is 6.42 Å². The van der Waals surface area contributed by atoms with Crippen molar-refractivity contribution in [2.45, 2.75) is 32.3 Å². The molecular formula is C17H19NO2. The number of pyridine rings is 1. The highest BCUT2D eigenvalue weighted by molar-refractivity contribution is 5.39. The Hall–Kier alpha value is -1.87. The van der Waals surface area contributed by atoms with Crippen LogP contribution < -0.4 is 4.74 Å². The van der Waals surface area contributed by atoms with Crippen LogP contribution in [0.5, 0.6) is 5.75 Å². The van der Waals surface area contributed by atoms with Crippen LogP contribution in [0.2, 0.25) is 0 Å². The number of fused-ring (bicyclic) bond motifs is 1. The molecule has 1 N–H and O–H groups in total. The lowest BCUT2D eigenvalue weighted by Crippen LogP contribution is -2.03. The standard InChI is InChI=1S/C17H19NO2/c1-12-3-2-4-15(18-12)16(19)7-5-13-6-8-17-14(11-13)9-10-20-17/h2-4,6,8,11,16,19H,5,7,9-10H2,1H3. The molecular weight excluding hydrogens is 250 g/mol. The van der Waals surface area contributed by atoms with Crippen LogP contribution >= 0.6 is 0 Å². The fraction of sp³-hybridized carbons (Fsp3) is 0.353. The van der Waals surface area contributed by atoms with E-state index in [4.69, 9.17) is 4.74 Å². The third-order valence-electron chi connectivity index (χ3n) is 3.71. The lowest BCUT2D eigenvalue weighted by Gasteiger charge is -2.11. The minimum Gasteiger partial charge on any atom is -0.493 e. The van der Waals surface area contributed by atoms with Crippen molar-refractivity contribution in [2.24, 2.45) is 0 Å². The van der Waals surface area contributed by atoms with Crippen molar-refractivity contribution < 1.29 is 9.84 Å². The lowest BCUT2D eigenvalue weighted by molar-refractivity contribution is 0.163. The largest absolute Gasteiger partial charge is 0.493 e. The first kappa shape index (κ1) is 13.1. The molecule has 1 atom stereocenters. The van der Waals surface area contributed by atoms with Crippen LogP contribution in [-0.2, 0) is 12.8 Å². The molecule has 0 bridgehead atoms. The number of ether oxygens (including phenoxy) is 1. The Balaban J connectivity index is 1.64. The molecule has 2 aromatic rings. The molecule has 1 aliphatic heterocycles. The van der Waals surface area contributed by atoms with Gasteiger partial charge in [0.05, 0.1) is 18.4 Å². The average Bonchev–Trinajstić information content (AvgIpc) is 2.92. The highest BCUT2D eigenvalue weighted by atomic mass is 16.5. The van der Waals surface area contributed by atoms with E-state index in [0.717, 1.165) is 36.6 Å². The average molecular weight is 269 g/mol. The summed E-state index contributed by atoms with van der Waals surface area (Å²) < 4.78 is 5.50. The van der Waals surface area contributed by atoms with E-state index >= 15 is 0 Å². The van der Waals surface area contributed by atoms with Gasteiger partial charge < -0.3 is 9.84 Å². The first-order chi connectivity index (χ1) is 9.72. The number of aryl methyl sites for hydroxylation is 2. The van der Waals surface area contributed by atoms with Gasteiger partial charge in [-0.1, -0.05) is 18.2 Å². The number of rotatable bonds is 4. The van der Waals surface area contributed by atoms with Crippen molar-refractivity contribution in [1.82, 2.24) is 4.98 Å². The van der Waals surface area contributed by atoms with Gasteiger partial charge in [-0.3, -0.25) is 4.98 Å². The van der Waals surface area contributed by atoms with Gasteiger partial charge in [0, 0.05) is 12.1 Å². The molecule has 104 valence electrons. The van der Waals surface area contributed by atoms with Crippen LogP contribution in [0.25, 0.3) is 0 Å². The molecule has 3 rings (SSSR count). The predicted octanol–water partition coefficient (Wildman–Crippen LogP) is 2.99. The number of aliphatic hydroxyl groups excluding tert-OH is 1. The molecule has 1 aliphatic rings. The van der Waals surface area contributed by atoms with Crippen LogP contribution in [0.15, 0.2) is 36.4 Å². The summed E-state index contributed by atoms with van der Waals surface area (Å²) in [6.45, 7) is 2.73. The Kier molecular flexibility index (Phi) is 3.70. The van der Waals surface area contributed by atoms with Gasteiger partial charge in [-0.15, -0.1) is 0 Å². The second kappa shape index (κ2) is 5.63. The first-order valence-corrected chi connectivity index (χ1v) is 7.08. The second-order valence-electron chi connectivity index (χ2n) is 5.30. The van der Waals surface area contributed by atoms with Gasteiger partial charge in [0.15, 0.2) is 0 Å². The maximum atomic E-state index is 10.2. The summed E-state index contributed by atoms with van der Waals surface area (Å²) in [4.78, 5) is 4.37. The van der Waals surface area contributed by atoms with E-state index in [9.17, 15) is 5.11 Å². The van der Waals surface area contributed by atoms with Gasteiger partial charge >= 0.3 is 0 Å². The zero-order valence-corrected chi connectivity index (χ0v) is 11.7. The summed E-state index contributed by atoms with van der Waals surface area (Å²) in [5.74, 6) is 1.01. The Morgan fingerprint density at radius 3 is 3.05 bits per heavy atom. The fourth-order valence-electron chi connectivity index (χ4n) is 2.60. The summed E-state index contributed by atoms with van der Waals surface area (Å²) in [6, 6.07) is 12.1. The smallest absolute Gasteiger partial charge is 0.122 e. The Morgan fingerprint density at radius 1 is 1.30 bits per heavy atom. The maximum absolute atomic E-state index is 10.2. The zero-order valence-electron chi connectivity index (χ0n) is 11.7. The lowest BCUT2D eigenvalue weighted by atomic mass is 10.0. The van der Waals surface area contributed by atoms with E-state index < -0.39 is 6.10 Å². The molecule has 1 aromatic heterocycles. The highest BCUT2D eigenvalue weighted by Gasteiger charge is 2.13. The summed E-state index contributed by atoms with van der Waals surface area (Å²) in [7, 11) is 0. The predicted molar refractivity (Wildman–Crippen MR) is 77.9 cm³/mol. The fourth-order valence-corrected chi connectivity index (χ4v) is 2.60. The van der Waals surface area contributed by atoms with Crippen LogP contribution in [0, 0.1) is 6.92 Å². The molecule has 0 spiro atoms. The van der Waals surface area contributed by atoms with Gasteiger partial charge in [0.1, 0.15) is 5.75 Å². The normalized spacial score (nSPS) is 14.7. The van der Waals surface area contributed by atoms with E-state index in [1.54, 1.807) is 0 Å². The number of benzene rings is 1. The van der Waals surface area contributed by atoms with Gasteiger partial charge in [0.2, 0.25) is 0 Å². The van der Waals surface area contributed by atoms with Crippen LogP contribution in [0.1, 0.15) is 35.0 Å². The van der Waals surface area contributed by atoms with Crippen molar-refractivity contribution in [3.05, 3.63) is 58.9 Å². The SMILES string of the molecule is Cc1cccc(C(O)CCc2ccc3c(c2)CCO3)n1. The number of aromatic nitrogens is 1. The number of hydrogen-bond donors (Lipinski definition) is 1. The van der Waals surface area contributed by atoms with E-state index in [-0.39, 0.29) is 0 Å².